The fraction of sp³-hybridized carbons (Fsp3) is 0.333. The van der Waals surface area contributed by atoms with Crippen molar-refractivity contribution in [3.05, 3.63) is 35.4 Å². The highest BCUT2D eigenvalue weighted by Gasteiger charge is 2.19. The SMILES string of the molecule is [C-]#[N+]c1cc2nc(N3CCNCC3)c3nncn3c2cc1C. The van der Waals surface area contributed by atoms with Gasteiger partial charge in [0.25, 0.3) is 0 Å². The quantitative estimate of drug-likeness (QED) is 0.690. The van der Waals surface area contributed by atoms with Gasteiger partial charge in [-0.15, -0.1) is 10.2 Å². The Balaban J connectivity index is 2.01. The molecule has 1 fully saturated rings. The summed E-state index contributed by atoms with van der Waals surface area (Å²) in [5.41, 5.74) is 4.08. The first kappa shape index (κ1) is 13.0. The Labute approximate surface area is 127 Å². The van der Waals surface area contributed by atoms with Crippen molar-refractivity contribution in [1.29, 1.82) is 0 Å². The van der Waals surface area contributed by atoms with Gasteiger partial charge in [0.05, 0.1) is 17.6 Å². The van der Waals surface area contributed by atoms with Crippen molar-refractivity contribution in [3.8, 4) is 0 Å². The summed E-state index contributed by atoms with van der Waals surface area (Å²) >= 11 is 0. The van der Waals surface area contributed by atoms with E-state index in [0.29, 0.717) is 5.69 Å². The molecule has 0 bridgehead atoms. The van der Waals surface area contributed by atoms with Gasteiger partial charge in [0.2, 0.25) is 5.65 Å². The predicted molar refractivity (Wildman–Crippen MR) is 84.4 cm³/mol. The van der Waals surface area contributed by atoms with Gasteiger partial charge < -0.3 is 10.2 Å². The Morgan fingerprint density at radius 2 is 2.09 bits per heavy atom. The second-order valence-electron chi connectivity index (χ2n) is 5.44. The molecule has 4 rings (SSSR count). The number of aromatic nitrogens is 4. The molecule has 1 N–H and O–H groups in total. The van der Waals surface area contributed by atoms with E-state index < -0.39 is 0 Å². The Morgan fingerprint density at radius 1 is 1.27 bits per heavy atom. The molecular weight excluding hydrogens is 278 g/mol. The van der Waals surface area contributed by atoms with E-state index in [4.69, 9.17) is 11.6 Å². The van der Waals surface area contributed by atoms with Crippen LogP contribution in [0.5, 0.6) is 0 Å². The molecule has 22 heavy (non-hydrogen) atoms. The van der Waals surface area contributed by atoms with E-state index in [1.165, 1.54) is 0 Å². The van der Waals surface area contributed by atoms with Crippen LogP contribution in [0.25, 0.3) is 21.5 Å². The van der Waals surface area contributed by atoms with Crippen LogP contribution in [0.15, 0.2) is 18.5 Å². The molecule has 1 saturated heterocycles. The second kappa shape index (κ2) is 4.93. The number of nitrogens with zero attached hydrogens (tertiary/aromatic N) is 6. The number of rotatable bonds is 1. The summed E-state index contributed by atoms with van der Waals surface area (Å²) in [7, 11) is 0. The average molecular weight is 293 g/mol. The van der Waals surface area contributed by atoms with Crippen LogP contribution in [0.2, 0.25) is 0 Å². The maximum absolute atomic E-state index is 7.29. The first-order chi connectivity index (χ1) is 10.8. The minimum absolute atomic E-state index is 0.638. The molecule has 0 radical (unpaired) electrons. The number of hydrogen-bond acceptors (Lipinski definition) is 5. The van der Waals surface area contributed by atoms with E-state index in [1.807, 2.05) is 23.5 Å². The molecule has 1 aliphatic heterocycles. The van der Waals surface area contributed by atoms with E-state index in [9.17, 15) is 0 Å². The minimum atomic E-state index is 0.638. The van der Waals surface area contributed by atoms with E-state index >= 15 is 0 Å². The molecule has 7 nitrogen and oxygen atoms in total. The molecule has 0 atom stereocenters. The number of nitrogens with one attached hydrogen (secondary N) is 1. The van der Waals surface area contributed by atoms with Crippen LogP contribution in [0.3, 0.4) is 0 Å². The summed E-state index contributed by atoms with van der Waals surface area (Å²) in [6, 6.07) is 3.83. The van der Waals surface area contributed by atoms with Crippen molar-refractivity contribution in [2.75, 3.05) is 31.1 Å². The molecule has 2 aromatic heterocycles. The molecule has 7 heteroatoms. The monoisotopic (exact) mass is 293 g/mol. The lowest BCUT2D eigenvalue weighted by Gasteiger charge is -2.28. The van der Waals surface area contributed by atoms with E-state index in [2.05, 4.69) is 25.3 Å². The van der Waals surface area contributed by atoms with Crippen LogP contribution in [-0.4, -0.2) is 45.8 Å². The Hall–Kier alpha value is -2.72. The second-order valence-corrected chi connectivity index (χ2v) is 5.44. The Bertz CT molecular complexity index is 900. The zero-order valence-corrected chi connectivity index (χ0v) is 12.2. The van der Waals surface area contributed by atoms with Gasteiger partial charge in [0, 0.05) is 26.2 Å². The highest BCUT2D eigenvalue weighted by molar-refractivity contribution is 5.87. The zero-order valence-electron chi connectivity index (χ0n) is 12.2. The molecule has 110 valence electrons. The maximum Gasteiger partial charge on any atom is 0.204 e. The smallest absolute Gasteiger partial charge is 0.204 e. The number of benzene rings is 1. The lowest BCUT2D eigenvalue weighted by Crippen LogP contribution is -2.44. The van der Waals surface area contributed by atoms with Gasteiger partial charge in [-0.1, -0.05) is 0 Å². The minimum Gasteiger partial charge on any atom is -0.351 e. The molecule has 3 heterocycles. The van der Waals surface area contributed by atoms with E-state index in [-0.39, 0.29) is 0 Å². The fourth-order valence-electron chi connectivity index (χ4n) is 2.89. The first-order valence-corrected chi connectivity index (χ1v) is 7.25. The van der Waals surface area contributed by atoms with Crippen LogP contribution < -0.4 is 10.2 Å². The summed E-state index contributed by atoms with van der Waals surface area (Å²) in [4.78, 5) is 10.6. The largest absolute Gasteiger partial charge is 0.351 e. The number of hydrogen-bond donors (Lipinski definition) is 1. The lowest BCUT2D eigenvalue weighted by molar-refractivity contribution is 0.586. The summed E-state index contributed by atoms with van der Waals surface area (Å²) < 4.78 is 1.96. The normalized spacial score (nSPS) is 15.4. The molecule has 0 unspecified atom stereocenters. The highest BCUT2D eigenvalue weighted by atomic mass is 15.3. The van der Waals surface area contributed by atoms with Crippen molar-refractivity contribution >= 4 is 28.2 Å². The van der Waals surface area contributed by atoms with Crippen LogP contribution in [0, 0.1) is 13.5 Å². The van der Waals surface area contributed by atoms with Gasteiger partial charge in [0.15, 0.2) is 11.5 Å². The highest BCUT2D eigenvalue weighted by Crippen LogP contribution is 2.28. The summed E-state index contributed by atoms with van der Waals surface area (Å²) in [6.45, 7) is 12.9. The summed E-state index contributed by atoms with van der Waals surface area (Å²) in [6.07, 6.45) is 1.71. The summed E-state index contributed by atoms with van der Waals surface area (Å²) in [5, 5.41) is 11.6. The molecule has 0 amide bonds. The van der Waals surface area contributed by atoms with Gasteiger partial charge in [-0.25, -0.2) is 9.83 Å². The van der Waals surface area contributed by atoms with Crippen LogP contribution in [-0.2, 0) is 0 Å². The molecule has 0 aliphatic carbocycles. The van der Waals surface area contributed by atoms with Crippen molar-refractivity contribution in [2.45, 2.75) is 6.92 Å². The van der Waals surface area contributed by atoms with Crippen LogP contribution >= 0.6 is 0 Å². The summed E-state index contributed by atoms with van der Waals surface area (Å²) in [5.74, 6) is 0.839. The third kappa shape index (κ3) is 1.89. The third-order valence-electron chi connectivity index (χ3n) is 4.06. The van der Waals surface area contributed by atoms with Crippen LogP contribution in [0.4, 0.5) is 11.5 Å². The van der Waals surface area contributed by atoms with Gasteiger partial charge in [-0.2, -0.15) is 0 Å². The number of anilines is 1. The average Bonchev–Trinajstić information content (AvgIpc) is 3.04. The van der Waals surface area contributed by atoms with E-state index in [1.54, 1.807) is 6.33 Å². The zero-order chi connectivity index (χ0) is 15.1. The van der Waals surface area contributed by atoms with Gasteiger partial charge in [-0.3, -0.25) is 4.40 Å². The molecular formula is C15H15N7. The van der Waals surface area contributed by atoms with Crippen molar-refractivity contribution in [3.63, 3.8) is 0 Å². The molecule has 0 saturated carbocycles. The van der Waals surface area contributed by atoms with Crippen LogP contribution in [0.1, 0.15) is 5.56 Å². The Morgan fingerprint density at radius 3 is 2.86 bits per heavy atom. The predicted octanol–water partition coefficient (Wildman–Crippen LogP) is 1.55. The van der Waals surface area contributed by atoms with Gasteiger partial charge in [-0.05, 0) is 24.6 Å². The van der Waals surface area contributed by atoms with Crippen molar-refractivity contribution in [2.24, 2.45) is 0 Å². The van der Waals surface area contributed by atoms with Gasteiger partial charge in [0.1, 0.15) is 6.33 Å². The maximum atomic E-state index is 7.29. The number of piperazine rings is 1. The fourth-order valence-corrected chi connectivity index (χ4v) is 2.89. The van der Waals surface area contributed by atoms with E-state index in [0.717, 1.165) is 54.2 Å². The number of aryl methyl sites for hydroxylation is 1. The molecule has 1 aromatic carbocycles. The molecule has 0 spiro atoms. The Kier molecular flexibility index (Phi) is 2.91. The van der Waals surface area contributed by atoms with Crippen molar-refractivity contribution in [1.82, 2.24) is 24.9 Å². The topological polar surface area (TPSA) is 62.7 Å². The van der Waals surface area contributed by atoms with Gasteiger partial charge >= 0.3 is 0 Å². The first-order valence-electron chi connectivity index (χ1n) is 7.25. The standard InChI is InChI=1S/C15H15N7/c1-10-7-13-12(8-11(10)16-2)19-14(15-20-18-9-22(13)15)21-5-3-17-4-6-21/h7-9,17H,3-6H2,1H3. The van der Waals surface area contributed by atoms with Crippen molar-refractivity contribution < 1.29 is 0 Å². The third-order valence-corrected chi connectivity index (χ3v) is 4.06. The molecule has 1 aliphatic rings. The lowest BCUT2D eigenvalue weighted by atomic mass is 10.1. The molecule has 3 aromatic rings. The number of fused-ring (bicyclic) bond motifs is 3.